The summed E-state index contributed by atoms with van der Waals surface area (Å²) >= 11 is 0. The van der Waals surface area contributed by atoms with Crippen molar-refractivity contribution in [3.63, 3.8) is 0 Å². The highest BCUT2D eigenvalue weighted by atomic mass is 16.5. The van der Waals surface area contributed by atoms with Crippen LogP contribution in [0, 0.1) is 0 Å². The third kappa shape index (κ3) is 3.80. The van der Waals surface area contributed by atoms with Gasteiger partial charge in [0.2, 0.25) is 0 Å². The lowest BCUT2D eigenvalue weighted by Gasteiger charge is -2.31. The van der Waals surface area contributed by atoms with Crippen LogP contribution in [0.5, 0.6) is 0 Å². The van der Waals surface area contributed by atoms with Gasteiger partial charge in [-0.15, -0.1) is 0 Å². The Morgan fingerprint density at radius 1 is 1.29 bits per heavy atom. The van der Waals surface area contributed by atoms with E-state index in [2.05, 4.69) is 17.4 Å². The van der Waals surface area contributed by atoms with E-state index in [1.165, 1.54) is 5.56 Å². The molecule has 0 radical (unpaired) electrons. The van der Waals surface area contributed by atoms with Crippen LogP contribution < -0.4 is 5.32 Å². The minimum Gasteiger partial charge on any atom is -0.376 e. The third-order valence-electron chi connectivity index (χ3n) is 2.85. The second-order valence-electron chi connectivity index (χ2n) is 4.70. The van der Waals surface area contributed by atoms with E-state index in [0.29, 0.717) is 6.61 Å². The fourth-order valence-electron chi connectivity index (χ4n) is 1.97. The van der Waals surface area contributed by atoms with Crippen molar-refractivity contribution in [3.8, 4) is 0 Å². The number of benzene rings is 1. The molecule has 0 aliphatic carbocycles. The van der Waals surface area contributed by atoms with Gasteiger partial charge in [0.1, 0.15) is 0 Å². The first-order chi connectivity index (χ1) is 8.25. The lowest BCUT2D eigenvalue weighted by molar-refractivity contribution is -0.0871. The van der Waals surface area contributed by atoms with Crippen molar-refractivity contribution in [1.29, 1.82) is 0 Å². The van der Waals surface area contributed by atoms with E-state index in [4.69, 9.17) is 9.47 Å². The number of ether oxygens (including phenoxy) is 2. The molecule has 1 aliphatic heterocycles. The number of nitrogens with one attached hydrogen (secondary N) is 1. The fraction of sp³-hybridized carbons (Fsp3) is 0.571. The standard InChI is InChI=1S/C14H21NO2/c1-11(2)16-10-13-8-15-9-14(17-13)12-6-4-3-5-7-12/h3-7,11,13-15H,8-10H2,1-2H3. The molecular formula is C14H21NO2. The summed E-state index contributed by atoms with van der Waals surface area (Å²) in [6.45, 7) is 6.50. The van der Waals surface area contributed by atoms with Gasteiger partial charge in [0, 0.05) is 13.1 Å². The highest BCUT2D eigenvalue weighted by Crippen LogP contribution is 2.21. The van der Waals surface area contributed by atoms with Crippen molar-refractivity contribution in [2.45, 2.75) is 32.2 Å². The zero-order valence-corrected chi connectivity index (χ0v) is 10.6. The van der Waals surface area contributed by atoms with Crippen LogP contribution in [0.4, 0.5) is 0 Å². The predicted octanol–water partition coefficient (Wildman–Crippen LogP) is 2.14. The number of hydrogen-bond donors (Lipinski definition) is 1. The number of rotatable bonds is 4. The average Bonchev–Trinajstić information content (AvgIpc) is 2.38. The van der Waals surface area contributed by atoms with Crippen LogP contribution in [0.3, 0.4) is 0 Å². The predicted molar refractivity (Wildman–Crippen MR) is 68.0 cm³/mol. The molecule has 0 aromatic heterocycles. The molecule has 1 heterocycles. The number of hydrogen-bond acceptors (Lipinski definition) is 3. The van der Waals surface area contributed by atoms with Crippen LogP contribution >= 0.6 is 0 Å². The molecule has 17 heavy (non-hydrogen) atoms. The van der Waals surface area contributed by atoms with E-state index in [0.717, 1.165) is 13.1 Å². The van der Waals surface area contributed by atoms with Gasteiger partial charge in [0.05, 0.1) is 24.9 Å². The Morgan fingerprint density at radius 3 is 2.76 bits per heavy atom. The Bertz CT molecular complexity index is 326. The van der Waals surface area contributed by atoms with Crippen LogP contribution in [0.15, 0.2) is 30.3 Å². The first-order valence-corrected chi connectivity index (χ1v) is 6.28. The van der Waals surface area contributed by atoms with Gasteiger partial charge in [-0.05, 0) is 19.4 Å². The van der Waals surface area contributed by atoms with Crippen LogP contribution in [-0.2, 0) is 9.47 Å². The molecule has 0 amide bonds. The van der Waals surface area contributed by atoms with E-state index in [9.17, 15) is 0 Å². The summed E-state index contributed by atoms with van der Waals surface area (Å²) in [4.78, 5) is 0. The molecule has 2 atom stereocenters. The van der Waals surface area contributed by atoms with E-state index in [-0.39, 0.29) is 18.3 Å². The Balaban J connectivity index is 1.89. The topological polar surface area (TPSA) is 30.5 Å². The molecule has 1 fully saturated rings. The fourth-order valence-corrected chi connectivity index (χ4v) is 1.97. The van der Waals surface area contributed by atoms with Gasteiger partial charge >= 0.3 is 0 Å². The maximum absolute atomic E-state index is 6.04. The van der Waals surface area contributed by atoms with Gasteiger partial charge in [-0.25, -0.2) is 0 Å². The molecule has 94 valence electrons. The van der Waals surface area contributed by atoms with Crippen LogP contribution in [-0.4, -0.2) is 31.9 Å². The third-order valence-corrected chi connectivity index (χ3v) is 2.85. The summed E-state index contributed by atoms with van der Waals surface area (Å²) in [6.07, 6.45) is 0.553. The summed E-state index contributed by atoms with van der Waals surface area (Å²) in [5, 5.41) is 3.40. The minimum absolute atomic E-state index is 0.144. The number of morpholine rings is 1. The molecule has 0 spiro atoms. The van der Waals surface area contributed by atoms with Gasteiger partial charge in [-0.1, -0.05) is 30.3 Å². The molecule has 3 nitrogen and oxygen atoms in total. The van der Waals surface area contributed by atoms with Crippen LogP contribution in [0.1, 0.15) is 25.5 Å². The summed E-state index contributed by atoms with van der Waals surface area (Å²) in [5.41, 5.74) is 1.23. The van der Waals surface area contributed by atoms with Gasteiger partial charge < -0.3 is 14.8 Å². The lowest BCUT2D eigenvalue weighted by Crippen LogP contribution is -2.43. The summed E-state index contributed by atoms with van der Waals surface area (Å²) < 4.78 is 11.6. The molecule has 0 bridgehead atoms. The maximum Gasteiger partial charge on any atom is 0.0954 e. The Labute approximate surface area is 103 Å². The van der Waals surface area contributed by atoms with Gasteiger partial charge in [-0.2, -0.15) is 0 Å². The molecule has 1 N–H and O–H groups in total. The van der Waals surface area contributed by atoms with E-state index >= 15 is 0 Å². The van der Waals surface area contributed by atoms with Gasteiger partial charge in [-0.3, -0.25) is 0 Å². The summed E-state index contributed by atoms with van der Waals surface area (Å²) in [7, 11) is 0. The van der Waals surface area contributed by atoms with Gasteiger partial charge in [0.25, 0.3) is 0 Å². The Hall–Kier alpha value is -0.900. The molecular weight excluding hydrogens is 214 g/mol. The van der Waals surface area contributed by atoms with Crippen molar-refractivity contribution in [2.24, 2.45) is 0 Å². The SMILES string of the molecule is CC(C)OCC1CNCC(c2ccccc2)O1. The van der Waals surface area contributed by atoms with E-state index in [1.54, 1.807) is 0 Å². The lowest BCUT2D eigenvalue weighted by atomic mass is 10.1. The van der Waals surface area contributed by atoms with Crippen LogP contribution in [0.2, 0.25) is 0 Å². The van der Waals surface area contributed by atoms with E-state index < -0.39 is 0 Å². The maximum atomic E-state index is 6.04. The summed E-state index contributed by atoms with van der Waals surface area (Å²) in [5.74, 6) is 0. The molecule has 1 aliphatic rings. The van der Waals surface area contributed by atoms with Crippen molar-refractivity contribution in [3.05, 3.63) is 35.9 Å². The second kappa shape index (κ2) is 6.15. The van der Waals surface area contributed by atoms with E-state index in [1.807, 2.05) is 32.0 Å². The van der Waals surface area contributed by atoms with Crippen molar-refractivity contribution in [2.75, 3.05) is 19.7 Å². The van der Waals surface area contributed by atoms with Crippen molar-refractivity contribution in [1.82, 2.24) is 5.32 Å². The first kappa shape index (κ1) is 12.6. The molecule has 0 saturated carbocycles. The zero-order chi connectivity index (χ0) is 12.1. The quantitative estimate of drug-likeness (QED) is 0.867. The highest BCUT2D eigenvalue weighted by molar-refractivity contribution is 5.18. The highest BCUT2D eigenvalue weighted by Gasteiger charge is 2.23. The Kier molecular flexibility index (Phi) is 4.54. The molecule has 2 rings (SSSR count). The molecule has 1 saturated heterocycles. The monoisotopic (exact) mass is 235 g/mol. The summed E-state index contributed by atoms with van der Waals surface area (Å²) in [6, 6.07) is 10.3. The Morgan fingerprint density at radius 2 is 2.06 bits per heavy atom. The molecule has 1 aromatic carbocycles. The molecule has 2 unspecified atom stereocenters. The smallest absolute Gasteiger partial charge is 0.0954 e. The van der Waals surface area contributed by atoms with Crippen molar-refractivity contribution >= 4 is 0 Å². The largest absolute Gasteiger partial charge is 0.376 e. The van der Waals surface area contributed by atoms with Crippen molar-refractivity contribution < 1.29 is 9.47 Å². The normalized spacial score (nSPS) is 25.1. The second-order valence-corrected chi connectivity index (χ2v) is 4.70. The molecule has 3 heteroatoms. The first-order valence-electron chi connectivity index (χ1n) is 6.28. The molecule has 1 aromatic rings. The van der Waals surface area contributed by atoms with Crippen LogP contribution in [0.25, 0.3) is 0 Å². The van der Waals surface area contributed by atoms with Gasteiger partial charge in [0.15, 0.2) is 0 Å². The zero-order valence-electron chi connectivity index (χ0n) is 10.6. The minimum atomic E-state index is 0.144. The average molecular weight is 235 g/mol.